The Kier molecular flexibility index (Phi) is 4.97. The van der Waals surface area contributed by atoms with Gasteiger partial charge in [-0.25, -0.2) is 8.78 Å². The number of fused-ring (bicyclic) bond motifs is 1. The molecule has 1 heterocycles. The van der Waals surface area contributed by atoms with Gasteiger partial charge in [0, 0.05) is 18.2 Å². The van der Waals surface area contributed by atoms with E-state index in [2.05, 4.69) is 10.3 Å². The highest BCUT2D eigenvalue weighted by Gasteiger charge is 2.16. The molecule has 0 unspecified atom stereocenters. The predicted molar refractivity (Wildman–Crippen MR) is 93.5 cm³/mol. The molecule has 5 nitrogen and oxygen atoms in total. The molecule has 1 amide bonds. The number of aromatic nitrogens is 1. The molecule has 2 N–H and O–H groups in total. The van der Waals surface area contributed by atoms with E-state index in [1.54, 1.807) is 24.3 Å². The molecule has 0 saturated heterocycles. The SMILES string of the molecule is COc1ccc2cc(CCNC(=O)c3c(F)cccc3F)c(=O)[nH]c2c1. The Bertz CT molecular complexity index is 1010. The zero-order chi connectivity index (χ0) is 18.7. The third-order valence-corrected chi connectivity index (χ3v) is 4.00. The number of halogens is 2. The van der Waals surface area contributed by atoms with E-state index in [-0.39, 0.29) is 18.5 Å². The van der Waals surface area contributed by atoms with E-state index >= 15 is 0 Å². The van der Waals surface area contributed by atoms with Crippen LogP contribution < -0.4 is 15.6 Å². The van der Waals surface area contributed by atoms with E-state index in [4.69, 9.17) is 4.74 Å². The van der Waals surface area contributed by atoms with Gasteiger partial charge < -0.3 is 15.0 Å². The summed E-state index contributed by atoms with van der Waals surface area (Å²) >= 11 is 0. The van der Waals surface area contributed by atoms with Crippen LogP contribution in [-0.4, -0.2) is 24.5 Å². The van der Waals surface area contributed by atoms with Gasteiger partial charge in [0.15, 0.2) is 0 Å². The summed E-state index contributed by atoms with van der Waals surface area (Å²) in [6.45, 7) is 0.0668. The van der Waals surface area contributed by atoms with Crippen LogP contribution >= 0.6 is 0 Å². The topological polar surface area (TPSA) is 71.2 Å². The molecular formula is C19H16F2N2O3. The van der Waals surface area contributed by atoms with E-state index in [1.807, 2.05) is 0 Å². The summed E-state index contributed by atoms with van der Waals surface area (Å²) in [6.07, 6.45) is 0.221. The average molecular weight is 358 g/mol. The van der Waals surface area contributed by atoms with Crippen molar-refractivity contribution in [2.45, 2.75) is 6.42 Å². The minimum Gasteiger partial charge on any atom is -0.497 e. The Morgan fingerprint density at radius 3 is 2.58 bits per heavy atom. The van der Waals surface area contributed by atoms with Crippen molar-refractivity contribution in [3.63, 3.8) is 0 Å². The maximum Gasteiger partial charge on any atom is 0.257 e. The molecule has 0 atom stereocenters. The van der Waals surface area contributed by atoms with E-state index in [0.29, 0.717) is 16.8 Å². The highest BCUT2D eigenvalue weighted by molar-refractivity contribution is 5.94. The fourth-order valence-corrected chi connectivity index (χ4v) is 2.65. The van der Waals surface area contributed by atoms with Crippen molar-refractivity contribution in [1.82, 2.24) is 10.3 Å². The van der Waals surface area contributed by atoms with E-state index in [1.165, 1.54) is 13.2 Å². The van der Waals surface area contributed by atoms with Gasteiger partial charge in [0.25, 0.3) is 11.5 Å². The minimum absolute atomic E-state index is 0.0668. The second-order valence-electron chi connectivity index (χ2n) is 5.68. The minimum atomic E-state index is -0.931. The van der Waals surface area contributed by atoms with E-state index in [0.717, 1.165) is 17.5 Å². The van der Waals surface area contributed by atoms with Crippen molar-refractivity contribution in [1.29, 1.82) is 0 Å². The Morgan fingerprint density at radius 1 is 1.15 bits per heavy atom. The normalized spacial score (nSPS) is 10.7. The van der Waals surface area contributed by atoms with Crippen molar-refractivity contribution >= 4 is 16.8 Å². The van der Waals surface area contributed by atoms with Crippen LogP contribution in [0.5, 0.6) is 5.75 Å². The maximum absolute atomic E-state index is 13.6. The summed E-state index contributed by atoms with van der Waals surface area (Å²) in [4.78, 5) is 26.9. The second-order valence-corrected chi connectivity index (χ2v) is 5.68. The summed E-state index contributed by atoms with van der Waals surface area (Å²) in [5, 5.41) is 3.24. The van der Waals surface area contributed by atoms with Crippen LogP contribution in [0.3, 0.4) is 0 Å². The fourth-order valence-electron chi connectivity index (χ4n) is 2.65. The molecule has 0 radical (unpaired) electrons. The maximum atomic E-state index is 13.6. The van der Waals surface area contributed by atoms with E-state index in [9.17, 15) is 18.4 Å². The molecule has 0 fully saturated rings. The second kappa shape index (κ2) is 7.35. The predicted octanol–water partition coefficient (Wildman–Crippen LogP) is 2.79. The molecule has 0 aliphatic heterocycles. The molecule has 0 saturated carbocycles. The van der Waals surface area contributed by atoms with Gasteiger partial charge in [-0.2, -0.15) is 0 Å². The number of ether oxygens (including phenoxy) is 1. The van der Waals surface area contributed by atoms with Gasteiger partial charge in [-0.05, 0) is 42.1 Å². The third kappa shape index (κ3) is 3.56. The summed E-state index contributed by atoms with van der Waals surface area (Å²) in [5.41, 5.74) is 0.164. The van der Waals surface area contributed by atoms with Gasteiger partial charge >= 0.3 is 0 Å². The largest absolute Gasteiger partial charge is 0.497 e. The van der Waals surface area contributed by atoms with Crippen LogP contribution in [0.25, 0.3) is 10.9 Å². The Balaban J connectivity index is 1.73. The van der Waals surface area contributed by atoms with Crippen LogP contribution in [0, 0.1) is 11.6 Å². The quantitative estimate of drug-likeness (QED) is 0.737. The van der Waals surface area contributed by atoms with Crippen LogP contribution in [0.2, 0.25) is 0 Å². The Morgan fingerprint density at radius 2 is 1.88 bits per heavy atom. The standard InChI is InChI=1S/C19H16F2N2O3/c1-26-13-6-5-11-9-12(18(24)23-16(11)10-13)7-8-22-19(25)17-14(20)3-2-4-15(17)21/h2-6,9-10H,7-8H2,1H3,(H,22,25)(H,23,24). The first-order chi connectivity index (χ1) is 12.5. The average Bonchev–Trinajstić information content (AvgIpc) is 2.61. The van der Waals surface area contributed by atoms with Gasteiger partial charge in [0.2, 0.25) is 0 Å². The molecule has 0 aliphatic carbocycles. The molecule has 1 aromatic heterocycles. The van der Waals surface area contributed by atoms with Gasteiger partial charge in [-0.15, -0.1) is 0 Å². The smallest absolute Gasteiger partial charge is 0.257 e. The number of methoxy groups -OCH3 is 1. The highest BCUT2D eigenvalue weighted by atomic mass is 19.1. The van der Waals surface area contributed by atoms with Crippen molar-refractivity contribution < 1.29 is 18.3 Å². The number of carbonyl (C=O) groups excluding carboxylic acids is 1. The Hall–Kier alpha value is -3.22. The van der Waals surface area contributed by atoms with Gasteiger partial charge in [0.1, 0.15) is 22.9 Å². The van der Waals surface area contributed by atoms with Gasteiger partial charge in [-0.3, -0.25) is 9.59 Å². The summed E-state index contributed by atoms with van der Waals surface area (Å²) in [7, 11) is 1.54. The molecule has 26 heavy (non-hydrogen) atoms. The molecule has 134 valence electrons. The number of hydrogen-bond donors (Lipinski definition) is 2. The fraction of sp³-hybridized carbons (Fsp3) is 0.158. The van der Waals surface area contributed by atoms with Gasteiger partial charge in [0.05, 0.1) is 12.6 Å². The molecule has 0 bridgehead atoms. The molecule has 7 heteroatoms. The highest BCUT2D eigenvalue weighted by Crippen LogP contribution is 2.18. The van der Waals surface area contributed by atoms with Crippen molar-refractivity contribution in [3.8, 4) is 5.75 Å². The van der Waals surface area contributed by atoms with Crippen molar-refractivity contribution in [3.05, 3.63) is 75.6 Å². The van der Waals surface area contributed by atoms with Crippen LogP contribution in [0.15, 0.2) is 47.3 Å². The molecular weight excluding hydrogens is 342 g/mol. The summed E-state index contributed by atoms with van der Waals surface area (Å²) in [6, 6.07) is 10.2. The number of pyridine rings is 1. The number of H-pyrrole nitrogens is 1. The number of carbonyl (C=O) groups is 1. The summed E-state index contributed by atoms with van der Waals surface area (Å²) < 4.78 is 32.3. The third-order valence-electron chi connectivity index (χ3n) is 4.00. The number of rotatable bonds is 5. The van der Waals surface area contributed by atoms with Gasteiger partial charge in [-0.1, -0.05) is 6.07 Å². The lowest BCUT2D eigenvalue weighted by molar-refractivity contribution is 0.0945. The first-order valence-corrected chi connectivity index (χ1v) is 7.92. The molecule has 2 aromatic carbocycles. The first-order valence-electron chi connectivity index (χ1n) is 7.92. The first kappa shape index (κ1) is 17.6. The van der Waals surface area contributed by atoms with Crippen LogP contribution in [0.1, 0.15) is 15.9 Å². The molecule has 0 spiro atoms. The van der Waals surface area contributed by atoms with E-state index < -0.39 is 23.1 Å². The lowest BCUT2D eigenvalue weighted by atomic mass is 10.1. The Labute approximate surface area is 147 Å². The molecule has 3 aromatic rings. The van der Waals surface area contributed by atoms with Crippen molar-refractivity contribution in [2.75, 3.05) is 13.7 Å². The van der Waals surface area contributed by atoms with Crippen LogP contribution in [0.4, 0.5) is 8.78 Å². The number of nitrogens with one attached hydrogen (secondary N) is 2. The summed E-state index contributed by atoms with van der Waals surface area (Å²) in [5.74, 6) is -2.09. The zero-order valence-corrected chi connectivity index (χ0v) is 13.9. The van der Waals surface area contributed by atoms with Crippen molar-refractivity contribution in [2.24, 2.45) is 0 Å². The number of hydrogen-bond acceptors (Lipinski definition) is 3. The number of amides is 1. The molecule has 0 aliphatic rings. The zero-order valence-electron chi connectivity index (χ0n) is 13.9. The lowest BCUT2D eigenvalue weighted by Gasteiger charge is -2.08. The molecule has 3 rings (SSSR count). The monoisotopic (exact) mass is 358 g/mol. The number of benzene rings is 2. The lowest BCUT2D eigenvalue weighted by Crippen LogP contribution is -2.29. The van der Waals surface area contributed by atoms with Crippen LogP contribution in [-0.2, 0) is 6.42 Å². The number of aromatic amines is 1.